The lowest BCUT2D eigenvalue weighted by molar-refractivity contribution is 0.487. The number of rotatable bonds is 6. The maximum absolute atomic E-state index is 12.2. The summed E-state index contributed by atoms with van der Waals surface area (Å²) >= 11 is 0. The van der Waals surface area contributed by atoms with Crippen LogP contribution < -0.4 is 10.5 Å². The molecule has 3 heterocycles. The lowest BCUT2D eigenvalue weighted by Crippen LogP contribution is -2.16. The molecule has 1 aliphatic rings. The van der Waals surface area contributed by atoms with E-state index < -0.39 is 10.0 Å². The van der Waals surface area contributed by atoms with Gasteiger partial charge < -0.3 is 5.73 Å². The third-order valence-electron chi connectivity index (χ3n) is 4.90. The maximum atomic E-state index is 12.2. The van der Waals surface area contributed by atoms with Gasteiger partial charge in [-0.05, 0) is 43.9 Å². The lowest BCUT2D eigenvalue weighted by atomic mass is 9.99. The summed E-state index contributed by atoms with van der Waals surface area (Å²) in [5, 5.41) is 4.84. The van der Waals surface area contributed by atoms with Gasteiger partial charge in [0, 0.05) is 35.2 Å². The minimum absolute atomic E-state index is 0.0848. The van der Waals surface area contributed by atoms with Gasteiger partial charge in [-0.2, -0.15) is 5.10 Å². The van der Waals surface area contributed by atoms with E-state index >= 15 is 0 Å². The third kappa shape index (κ3) is 4.09. The molecule has 0 amide bonds. The Morgan fingerprint density at radius 1 is 1.24 bits per heavy atom. The van der Waals surface area contributed by atoms with Crippen LogP contribution in [0.25, 0.3) is 22.5 Å². The summed E-state index contributed by atoms with van der Waals surface area (Å²) in [5.41, 5.74) is 10.7. The highest BCUT2D eigenvalue weighted by Gasteiger charge is 2.24. The molecule has 3 aromatic rings. The number of hydrogen-bond acceptors (Lipinski definition) is 6. The highest BCUT2D eigenvalue weighted by Crippen LogP contribution is 2.37. The number of sulfonamides is 1. The molecule has 0 atom stereocenters. The van der Waals surface area contributed by atoms with Gasteiger partial charge in [0.15, 0.2) is 0 Å². The molecule has 9 heteroatoms. The number of aromatic nitrogens is 4. The molecule has 0 aliphatic carbocycles. The summed E-state index contributed by atoms with van der Waals surface area (Å²) < 4.78 is 29.0. The Kier molecular flexibility index (Phi) is 5.23. The topological polar surface area (TPSA) is 116 Å². The molecule has 1 aromatic carbocycles. The first-order valence-corrected chi connectivity index (χ1v) is 11.4. The van der Waals surface area contributed by atoms with Crippen molar-refractivity contribution in [1.82, 2.24) is 19.7 Å². The predicted octanol–water partition coefficient (Wildman–Crippen LogP) is 3.08. The van der Waals surface area contributed by atoms with E-state index in [1.807, 2.05) is 35.9 Å². The van der Waals surface area contributed by atoms with Gasteiger partial charge in [0.2, 0.25) is 16.0 Å². The van der Waals surface area contributed by atoms with Crippen molar-refractivity contribution in [3.8, 4) is 22.5 Å². The first-order chi connectivity index (χ1) is 14.0. The lowest BCUT2D eigenvalue weighted by Gasteiger charge is -2.14. The van der Waals surface area contributed by atoms with E-state index in [0.29, 0.717) is 12.1 Å². The zero-order chi connectivity index (χ0) is 20.4. The molecule has 29 heavy (non-hydrogen) atoms. The highest BCUT2D eigenvalue weighted by molar-refractivity contribution is 7.92. The van der Waals surface area contributed by atoms with E-state index in [-0.39, 0.29) is 11.7 Å². The standard InChI is InChI=1S/C20H24N6O2S/c1-2-12-29(27,28)25-15-7-5-6-14(13-15)19-18(16-9-10-22-20(21)23-16)17-8-3-4-11-26(17)24-19/h5-7,9-10,13,25H,2-4,8,11-12H2,1H3,(H2,21,22,23). The number of fused-ring (bicyclic) bond motifs is 1. The Labute approximate surface area is 170 Å². The van der Waals surface area contributed by atoms with Crippen LogP contribution in [0.1, 0.15) is 31.9 Å². The molecule has 0 fully saturated rings. The van der Waals surface area contributed by atoms with Crippen LogP contribution >= 0.6 is 0 Å². The van der Waals surface area contributed by atoms with Gasteiger partial charge in [-0.25, -0.2) is 18.4 Å². The monoisotopic (exact) mass is 412 g/mol. The van der Waals surface area contributed by atoms with Crippen LogP contribution in [-0.4, -0.2) is 33.9 Å². The summed E-state index contributed by atoms with van der Waals surface area (Å²) in [5.74, 6) is 0.298. The Morgan fingerprint density at radius 2 is 2.10 bits per heavy atom. The second kappa shape index (κ2) is 7.82. The van der Waals surface area contributed by atoms with Crippen molar-refractivity contribution in [1.29, 1.82) is 0 Å². The Morgan fingerprint density at radius 3 is 2.90 bits per heavy atom. The zero-order valence-electron chi connectivity index (χ0n) is 16.3. The smallest absolute Gasteiger partial charge is 0.232 e. The molecule has 0 spiro atoms. The van der Waals surface area contributed by atoms with Crippen molar-refractivity contribution in [2.24, 2.45) is 0 Å². The number of nitrogen functional groups attached to an aromatic ring is 1. The number of nitrogens with one attached hydrogen (secondary N) is 1. The molecule has 152 valence electrons. The van der Waals surface area contributed by atoms with Crippen molar-refractivity contribution in [3.63, 3.8) is 0 Å². The normalized spacial score (nSPS) is 13.8. The number of anilines is 2. The maximum Gasteiger partial charge on any atom is 0.232 e. The van der Waals surface area contributed by atoms with E-state index in [1.54, 1.807) is 12.3 Å². The van der Waals surface area contributed by atoms with Crippen LogP contribution in [0.4, 0.5) is 11.6 Å². The molecule has 8 nitrogen and oxygen atoms in total. The van der Waals surface area contributed by atoms with Gasteiger partial charge in [-0.3, -0.25) is 9.40 Å². The SMILES string of the molecule is CCCS(=O)(=O)Nc1cccc(-c2nn3c(c2-c2ccnc(N)n2)CCCC3)c1. The quantitative estimate of drug-likeness (QED) is 0.643. The highest BCUT2D eigenvalue weighted by atomic mass is 32.2. The third-order valence-corrected chi connectivity index (χ3v) is 6.40. The number of benzene rings is 1. The molecular weight excluding hydrogens is 388 g/mol. The fourth-order valence-electron chi connectivity index (χ4n) is 3.70. The van der Waals surface area contributed by atoms with Crippen LogP contribution in [0.3, 0.4) is 0 Å². The van der Waals surface area contributed by atoms with E-state index in [4.69, 9.17) is 10.8 Å². The van der Waals surface area contributed by atoms with Crippen molar-refractivity contribution >= 4 is 21.7 Å². The van der Waals surface area contributed by atoms with Crippen molar-refractivity contribution in [2.75, 3.05) is 16.2 Å². The summed E-state index contributed by atoms with van der Waals surface area (Å²) in [7, 11) is -3.37. The Hall–Kier alpha value is -2.94. The van der Waals surface area contributed by atoms with Crippen LogP contribution in [-0.2, 0) is 23.0 Å². The number of hydrogen-bond donors (Lipinski definition) is 2. The van der Waals surface area contributed by atoms with Crippen LogP contribution in [0.2, 0.25) is 0 Å². The number of nitrogens with zero attached hydrogens (tertiary/aromatic N) is 4. The molecule has 0 radical (unpaired) electrons. The van der Waals surface area contributed by atoms with Gasteiger partial charge in [-0.15, -0.1) is 0 Å². The average Bonchev–Trinajstić information content (AvgIpc) is 3.07. The van der Waals surface area contributed by atoms with E-state index in [1.165, 1.54) is 0 Å². The van der Waals surface area contributed by atoms with Gasteiger partial charge in [0.25, 0.3) is 0 Å². The number of aryl methyl sites for hydroxylation is 1. The summed E-state index contributed by atoms with van der Waals surface area (Å²) in [6.45, 7) is 2.69. The first-order valence-electron chi connectivity index (χ1n) is 9.76. The van der Waals surface area contributed by atoms with Gasteiger partial charge in [0.1, 0.15) is 5.69 Å². The summed E-state index contributed by atoms with van der Waals surface area (Å²) in [6, 6.07) is 9.15. The molecule has 1 aliphatic heterocycles. The molecule has 0 bridgehead atoms. The van der Waals surface area contributed by atoms with Crippen molar-refractivity contribution in [2.45, 2.75) is 39.2 Å². The Balaban J connectivity index is 1.81. The molecule has 0 saturated carbocycles. The van der Waals surface area contributed by atoms with E-state index in [9.17, 15) is 8.42 Å². The van der Waals surface area contributed by atoms with E-state index in [2.05, 4.69) is 14.7 Å². The molecule has 2 aromatic heterocycles. The van der Waals surface area contributed by atoms with Crippen LogP contribution in [0.15, 0.2) is 36.5 Å². The van der Waals surface area contributed by atoms with Gasteiger partial charge in [0.05, 0.1) is 11.4 Å². The number of nitrogens with two attached hydrogens (primary N) is 1. The summed E-state index contributed by atoms with van der Waals surface area (Å²) in [4.78, 5) is 8.42. The molecular formula is C20H24N6O2S. The molecule has 0 saturated heterocycles. The Bertz CT molecular complexity index is 1140. The average molecular weight is 413 g/mol. The van der Waals surface area contributed by atoms with Gasteiger partial charge in [-0.1, -0.05) is 19.1 Å². The molecule has 3 N–H and O–H groups in total. The predicted molar refractivity (Wildman–Crippen MR) is 114 cm³/mol. The van der Waals surface area contributed by atoms with Gasteiger partial charge >= 0.3 is 0 Å². The second-order valence-electron chi connectivity index (χ2n) is 7.15. The molecule has 0 unspecified atom stereocenters. The largest absolute Gasteiger partial charge is 0.368 e. The second-order valence-corrected chi connectivity index (χ2v) is 8.99. The fourth-order valence-corrected chi connectivity index (χ4v) is 4.83. The molecule has 4 rings (SSSR count). The summed E-state index contributed by atoms with van der Waals surface area (Å²) in [6.07, 6.45) is 5.28. The van der Waals surface area contributed by atoms with E-state index in [0.717, 1.165) is 54.0 Å². The minimum Gasteiger partial charge on any atom is -0.368 e. The van der Waals surface area contributed by atoms with Crippen LogP contribution in [0, 0.1) is 0 Å². The fraction of sp³-hybridized carbons (Fsp3) is 0.350. The minimum atomic E-state index is -3.37. The zero-order valence-corrected chi connectivity index (χ0v) is 17.1. The first kappa shape index (κ1) is 19.4. The van der Waals surface area contributed by atoms with Crippen molar-refractivity contribution in [3.05, 3.63) is 42.2 Å². The van der Waals surface area contributed by atoms with Crippen molar-refractivity contribution < 1.29 is 8.42 Å². The van der Waals surface area contributed by atoms with Crippen LogP contribution in [0.5, 0.6) is 0 Å².